The Morgan fingerprint density at radius 1 is 1.42 bits per heavy atom. The molecule has 2 N–H and O–H groups in total. The third-order valence-electron chi connectivity index (χ3n) is 3.28. The molecule has 104 valence electrons. The number of halogens is 1. The molecule has 0 spiro atoms. The molecule has 0 bridgehead atoms. The van der Waals surface area contributed by atoms with E-state index in [9.17, 15) is 9.18 Å². The van der Waals surface area contributed by atoms with Crippen LogP contribution < -0.4 is 10.6 Å². The van der Waals surface area contributed by atoms with E-state index in [0.29, 0.717) is 43.2 Å². The molecule has 0 unspecified atom stereocenters. The number of nitrogen functional groups attached to an aromatic ring is 1. The zero-order chi connectivity index (χ0) is 14.0. The molecule has 1 aliphatic rings. The number of carbonyl (C=O) groups is 1. The predicted molar refractivity (Wildman–Crippen MR) is 71.7 cm³/mol. The Balaban J connectivity index is 2.22. The number of benzene rings is 1. The van der Waals surface area contributed by atoms with Crippen LogP contribution in [-0.2, 0) is 4.74 Å². The second-order valence-corrected chi connectivity index (χ2v) is 4.57. The maximum Gasteiger partial charge on any atom is 0.324 e. The molecule has 1 saturated heterocycles. The van der Waals surface area contributed by atoms with Crippen molar-refractivity contribution in [2.24, 2.45) is 0 Å². The largest absolute Gasteiger partial charge is 0.397 e. The van der Waals surface area contributed by atoms with Crippen LogP contribution in [0, 0.1) is 12.7 Å². The minimum absolute atomic E-state index is 0.159. The standard InChI is InChI=1S/C13H18FN3O2/c1-9-7-10(14)8-11(12(9)15)17-4-3-16(13(17)18)5-6-19-2/h7-8H,3-6,15H2,1-2H3. The number of anilines is 2. The molecule has 1 aromatic carbocycles. The molecule has 2 amide bonds. The number of aryl methyl sites for hydroxylation is 1. The summed E-state index contributed by atoms with van der Waals surface area (Å²) in [5.74, 6) is -0.384. The highest BCUT2D eigenvalue weighted by atomic mass is 19.1. The summed E-state index contributed by atoms with van der Waals surface area (Å²) in [7, 11) is 1.59. The third kappa shape index (κ3) is 2.63. The number of urea groups is 1. The number of methoxy groups -OCH3 is 1. The maximum atomic E-state index is 13.5. The quantitative estimate of drug-likeness (QED) is 0.843. The molecule has 0 aliphatic carbocycles. The molecule has 1 fully saturated rings. The Kier molecular flexibility index (Phi) is 3.90. The van der Waals surface area contributed by atoms with E-state index in [2.05, 4.69) is 0 Å². The van der Waals surface area contributed by atoms with E-state index in [-0.39, 0.29) is 11.8 Å². The summed E-state index contributed by atoms with van der Waals surface area (Å²) in [6, 6.07) is 2.51. The van der Waals surface area contributed by atoms with Gasteiger partial charge in [0.15, 0.2) is 0 Å². The molecular weight excluding hydrogens is 249 g/mol. The van der Waals surface area contributed by atoms with Crippen LogP contribution >= 0.6 is 0 Å². The van der Waals surface area contributed by atoms with Crippen LogP contribution in [-0.4, -0.2) is 44.3 Å². The fourth-order valence-electron chi connectivity index (χ4n) is 2.18. The molecule has 5 nitrogen and oxygen atoms in total. The van der Waals surface area contributed by atoms with Crippen LogP contribution in [0.15, 0.2) is 12.1 Å². The normalized spacial score (nSPS) is 15.4. The molecule has 1 aromatic rings. The van der Waals surface area contributed by atoms with Gasteiger partial charge in [-0.05, 0) is 24.6 Å². The molecule has 1 aliphatic heterocycles. The van der Waals surface area contributed by atoms with Gasteiger partial charge in [-0.3, -0.25) is 4.90 Å². The number of nitrogens with two attached hydrogens (primary N) is 1. The minimum Gasteiger partial charge on any atom is -0.397 e. The van der Waals surface area contributed by atoms with Crippen LogP contribution in [0.4, 0.5) is 20.6 Å². The van der Waals surface area contributed by atoms with E-state index in [4.69, 9.17) is 10.5 Å². The number of hydrogen-bond acceptors (Lipinski definition) is 3. The minimum atomic E-state index is -0.384. The van der Waals surface area contributed by atoms with E-state index in [1.165, 1.54) is 17.0 Å². The summed E-state index contributed by atoms with van der Waals surface area (Å²) >= 11 is 0. The van der Waals surface area contributed by atoms with Crippen molar-refractivity contribution in [3.05, 3.63) is 23.5 Å². The number of ether oxygens (including phenoxy) is 1. The van der Waals surface area contributed by atoms with Crippen LogP contribution in [0.2, 0.25) is 0 Å². The maximum absolute atomic E-state index is 13.5. The lowest BCUT2D eigenvalue weighted by atomic mass is 10.1. The van der Waals surface area contributed by atoms with E-state index >= 15 is 0 Å². The number of amides is 2. The SMILES string of the molecule is COCCN1CCN(c2cc(F)cc(C)c2N)C1=O. The van der Waals surface area contributed by atoms with E-state index in [1.54, 1.807) is 18.9 Å². The lowest BCUT2D eigenvalue weighted by molar-refractivity contribution is 0.162. The first-order valence-corrected chi connectivity index (χ1v) is 6.15. The molecule has 0 aromatic heterocycles. The lowest BCUT2D eigenvalue weighted by Gasteiger charge is -2.20. The van der Waals surface area contributed by atoms with Gasteiger partial charge in [0, 0.05) is 26.7 Å². The Morgan fingerprint density at radius 2 is 2.16 bits per heavy atom. The Hall–Kier alpha value is -1.82. The first-order chi connectivity index (χ1) is 9.04. The molecule has 19 heavy (non-hydrogen) atoms. The van der Waals surface area contributed by atoms with Crippen LogP contribution in [0.3, 0.4) is 0 Å². The summed E-state index contributed by atoms with van der Waals surface area (Å²) < 4.78 is 18.4. The van der Waals surface area contributed by atoms with Gasteiger partial charge < -0.3 is 15.4 Å². The van der Waals surface area contributed by atoms with Crippen LogP contribution in [0.5, 0.6) is 0 Å². The topological polar surface area (TPSA) is 58.8 Å². The van der Waals surface area contributed by atoms with Gasteiger partial charge in [-0.2, -0.15) is 0 Å². The Labute approximate surface area is 111 Å². The highest BCUT2D eigenvalue weighted by Gasteiger charge is 2.30. The van der Waals surface area contributed by atoms with E-state index < -0.39 is 0 Å². The fourth-order valence-corrected chi connectivity index (χ4v) is 2.18. The van der Waals surface area contributed by atoms with Crippen molar-refractivity contribution in [1.82, 2.24) is 4.90 Å². The third-order valence-corrected chi connectivity index (χ3v) is 3.28. The number of hydrogen-bond donors (Lipinski definition) is 1. The van der Waals surface area contributed by atoms with Crippen molar-refractivity contribution < 1.29 is 13.9 Å². The average Bonchev–Trinajstić information content (AvgIpc) is 2.73. The molecule has 2 rings (SSSR count). The van der Waals surface area contributed by atoms with Crippen LogP contribution in [0.25, 0.3) is 0 Å². The van der Waals surface area contributed by atoms with E-state index in [1.807, 2.05) is 0 Å². The number of rotatable bonds is 4. The van der Waals surface area contributed by atoms with Gasteiger partial charge in [0.1, 0.15) is 5.82 Å². The first-order valence-electron chi connectivity index (χ1n) is 6.15. The summed E-state index contributed by atoms with van der Waals surface area (Å²) in [6.07, 6.45) is 0. The molecular formula is C13H18FN3O2. The zero-order valence-corrected chi connectivity index (χ0v) is 11.1. The average molecular weight is 267 g/mol. The Bertz CT molecular complexity index is 493. The lowest BCUT2D eigenvalue weighted by Crippen LogP contribution is -2.34. The summed E-state index contributed by atoms with van der Waals surface area (Å²) in [4.78, 5) is 15.4. The second-order valence-electron chi connectivity index (χ2n) is 4.57. The smallest absolute Gasteiger partial charge is 0.324 e. The molecule has 6 heteroatoms. The van der Waals surface area contributed by atoms with Gasteiger partial charge >= 0.3 is 6.03 Å². The van der Waals surface area contributed by atoms with Crippen molar-refractivity contribution in [2.75, 3.05) is 44.0 Å². The fraction of sp³-hybridized carbons (Fsp3) is 0.462. The first kappa shape index (κ1) is 13.6. The number of carbonyl (C=O) groups excluding carboxylic acids is 1. The summed E-state index contributed by atoms with van der Waals surface area (Å²) in [5.41, 5.74) is 7.47. The monoisotopic (exact) mass is 267 g/mol. The molecule has 0 atom stereocenters. The zero-order valence-electron chi connectivity index (χ0n) is 11.1. The van der Waals surface area contributed by atoms with Crippen molar-refractivity contribution in [1.29, 1.82) is 0 Å². The summed E-state index contributed by atoms with van der Waals surface area (Å²) in [5, 5.41) is 0. The van der Waals surface area contributed by atoms with Crippen molar-refractivity contribution >= 4 is 17.4 Å². The molecule has 0 radical (unpaired) electrons. The van der Waals surface area contributed by atoms with Gasteiger partial charge in [-0.25, -0.2) is 9.18 Å². The predicted octanol–water partition coefficient (Wildman–Crippen LogP) is 1.60. The summed E-state index contributed by atoms with van der Waals surface area (Å²) in [6.45, 7) is 3.84. The highest BCUT2D eigenvalue weighted by molar-refractivity contribution is 5.97. The van der Waals surface area contributed by atoms with Gasteiger partial charge in [-0.15, -0.1) is 0 Å². The molecule has 1 heterocycles. The Morgan fingerprint density at radius 3 is 2.84 bits per heavy atom. The van der Waals surface area contributed by atoms with Crippen molar-refractivity contribution in [3.8, 4) is 0 Å². The van der Waals surface area contributed by atoms with Gasteiger partial charge in [-0.1, -0.05) is 0 Å². The van der Waals surface area contributed by atoms with E-state index in [0.717, 1.165) is 0 Å². The number of nitrogens with zero attached hydrogens (tertiary/aromatic N) is 2. The second kappa shape index (κ2) is 5.44. The van der Waals surface area contributed by atoms with Crippen molar-refractivity contribution in [2.45, 2.75) is 6.92 Å². The van der Waals surface area contributed by atoms with Gasteiger partial charge in [0.2, 0.25) is 0 Å². The van der Waals surface area contributed by atoms with Gasteiger partial charge in [0.25, 0.3) is 0 Å². The highest BCUT2D eigenvalue weighted by Crippen LogP contribution is 2.30. The van der Waals surface area contributed by atoms with Crippen molar-refractivity contribution in [3.63, 3.8) is 0 Å². The van der Waals surface area contributed by atoms with Crippen LogP contribution in [0.1, 0.15) is 5.56 Å². The van der Waals surface area contributed by atoms with Gasteiger partial charge in [0.05, 0.1) is 18.0 Å². The molecule has 0 saturated carbocycles.